The lowest BCUT2D eigenvalue weighted by Gasteiger charge is -2.31. The molecule has 1 aliphatic rings. The number of rotatable bonds is 3. The molecular weight excluding hydrogens is 184 g/mol. The van der Waals surface area contributed by atoms with Gasteiger partial charge in [0.2, 0.25) is 0 Å². The van der Waals surface area contributed by atoms with Gasteiger partial charge in [-0.15, -0.1) is 0 Å². The summed E-state index contributed by atoms with van der Waals surface area (Å²) in [5, 5.41) is 0. The Kier molecular flexibility index (Phi) is 3.39. The monoisotopic (exact) mass is 204 g/mol. The van der Waals surface area contributed by atoms with Gasteiger partial charge in [0, 0.05) is 12.1 Å². The Bertz CT molecular complexity index is 289. The molecule has 2 rings (SSSR count). The summed E-state index contributed by atoms with van der Waals surface area (Å²) in [5.74, 6) is 0. The molecule has 2 heteroatoms. The van der Waals surface area contributed by atoms with Crippen molar-refractivity contribution in [3.05, 3.63) is 35.9 Å². The molecule has 1 aromatic rings. The van der Waals surface area contributed by atoms with Gasteiger partial charge in [-0.2, -0.15) is 0 Å². The molecule has 0 bridgehead atoms. The van der Waals surface area contributed by atoms with Gasteiger partial charge < -0.3 is 5.73 Å². The molecule has 1 fully saturated rings. The number of nitrogens with zero attached hydrogens (tertiary/aromatic N) is 1. The fourth-order valence-corrected chi connectivity index (χ4v) is 2.52. The van der Waals surface area contributed by atoms with Crippen molar-refractivity contribution in [3.63, 3.8) is 0 Å². The smallest absolute Gasteiger partial charge is 0.0496 e. The lowest BCUT2D eigenvalue weighted by molar-refractivity contribution is 0.219. The summed E-state index contributed by atoms with van der Waals surface area (Å²) in [7, 11) is 0. The first kappa shape index (κ1) is 10.7. The lowest BCUT2D eigenvalue weighted by atomic mass is 10.00. The van der Waals surface area contributed by atoms with Crippen LogP contribution in [0, 0.1) is 0 Å². The third-order valence-corrected chi connectivity index (χ3v) is 3.17. The van der Waals surface area contributed by atoms with Crippen molar-refractivity contribution in [2.75, 3.05) is 13.1 Å². The molecule has 15 heavy (non-hydrogen) atoms. The van der Waals surface area contributed by atoms with E-state index in [9.17, 15) is 0 Å². The first-order valence-corrected chi connectivity index (χ1v) is 5.83. The van der Waals surface area contributed by atoms with Gasteiger partial charge in [0.25, 0.3) is 0 Å². The largest absolute Gasteiger partial charge is 0.326 e. The molecule has 2 atom stereocenters. The van der Waals surface area contributed by atoms with Crippen LogP contribution in [-0.4, -0.2) is 24.0 Å². The van der Waals surface area contributed by atoms with E-state index >= 15 is 0 Å². The van der Waals surface area contributed by atoms with Gasteiger partial charge in [-0.3, -0.25) is 4.90 Å². The number of hydrogen-bond acceptors (Lipinski definition) is 2. The molecule has 1 aromatic carbocycles. The van der Waals surface area contributed by atoms with Gasteiger partial charge in [-0.1, -0.05) is 30.3 Å². The summed E-state index contributed by atoms with van der Waals surface area (Å²) in [6.45, 7) is 4.50. The SMILES string of the molecule is C[C@@H](N)[C@@H](c1ccccc1)N1CCCC1. The zero-order chi connectivity index (χ0) is 10.7. The molecular formula is C13H20N2. The van der Waals surface area contributed by atoms with E-state index in [1.807, 2.05) is 0 Å². The molecule has 2 N–H and O–H groups in total. The van der Waals surface area contributed by atoms with Crippen molar-refractivity contribution >= 4 is 0 Å². The summed E-state index contributed by atoms with van der Waals surface area (Å²) in [4.78, 5) is 2.51. The van der Waals surface area contributed by atoms with E-state index in [0.717, 1.165) is 0 Å². The van der Waals surface area contributed by atoms with Crippen LogP contribution in [0.5, 0.6) is 0 Å². The molecule has 1 aliphatic heterocycles. The van der Waals surface area contributed by atoms with Gasteiger partial charge in [0.05, 0.1) is 0 Å². The van der Waals surface area contributed by atoms with Crippen molar-refractivity contribution in [2.45, 2.75) is 31.8 Å². The minimum absolute atomic E-state index is 0.200. The zero-order valence-corrected chi connectivity index (χ0v) is 9.39. The van der Waals surface area contributed by atoms with Crippen LogP contribution in [0.2, 0.25) is 0 Å². The number of nitrogens with two attached hydrogens (primary N) is 1. The highest BCUT2D eigenvalue weighted by atomic mass is 15.2. The van der Waals surface area contributed by atoms with Crippen molar-refractivity contribution in [2.24, 2.45) is 5.73 Å². The molecule has 1 heterocycles. The normalized spacial score (nSPS) is 21.5. The Morgan fingerprint density at radius 2 is 1.73 bits per heavy atom. The lowest BCUT2D eigenvalue weighted by Crippen LogP contribution is -2.37. The number of benzene rings is 1. The maximum absolute atomic E-state index is 6.11. The van der Waals surface area contributed by atoms with Crippen molar-refractivity contribution in [1.82, 2.24) is 4.90 Å². The topological polar surface area (TPSA) is 29.3 Å². The van der Waals surface area contributed by atoms with Gasteiger partial charge >= 0.3 is 0 Å². The molecule has 0 radical (unpaired) electrons. The highest BCUT2D eigenvalue weighted by molar-refractivity contribution is 5.20. The van der Waals surface area contributed by atoms with Crippen LogP contribution in [0.1, 0.15) is 31.4 Å². The average Bonchev–Trinajstić information content (AvgIpc) is 2.72. The maximum atomic E-state index is 6.11. The summed E-state index contributed by atoms with van der Waals surface area (Å²) >= 11 is 0. The van der Waals surface area contributed by atoms with E-state index in [1.165, 1.54) is 31.5 Å². The molecule has 0 spiro atoms. The predicted molar refractivity (Wildman–Crippen MR) is 63.6 cm³/mol. The van der Waals surface area contributed by atoms with Crippen molar-refractivity contribution in [3.8, 4) is 0 Å². The van der Waals surface area contributed by atoms with Crippen LogP contribution in [0.15, 0.2) is 30.3 Å². The van der Waals surface area contributed by atoms with E-state index in [2.05, 4.69) is 42.2 Å². The number of hydrogen-bond donors (Lipinski definition) is 1. The summed E-state index contributed by atoms with van der Waals surface area (Å²) < 4.78 is 0. The Balaban J connectivity index is 2.19. The second-order valence-corrected chi connectivity index (χ2v) is 4.46. The third-order valence-electron chi connectivity index (χ3n) is 3.17. The van der Waals surface area contributed by atoms with Gasteiger partial charge in [0.15, 0.2) is 0 Å². The second kappa shape index (κ2) is 4.77. The minimum atomic E-state index is 0.200. The molecule has 2 nitrogen and oxygen atoms in total. The second-order valence-electron chi connectivity index (χ2n) is 4.46. The van der Waals surface area contributed by atoms with Gasteiger partial charge in [-0.25, -0.2) is 0 Å². The Hall–Kier alpha value is -0.860. The van der Waals surface area contributed by atoms with E-state index in [-0.39, 0.29) is 6.04 Å². The summed E-state index contributed by atoms with van der Waals surface area (Å²) in [6.07, 6.45) is 2.63. The van der Waals surface area contributed by atoms with Crippen LogP contribution >= 0.6 is 0 Å². The average molecular weight is 204 g/mol. The first-order chi connectivity index (χ1) is 7.29. The fraction of sp³-hybridized carbons (Fsp3) is 0.538. The summed E-state index contributed by atoms with van der Waals surface area (Å²) in [5.41, 5.74) is 7.46. The first-order valence-electron chi connectivity index (χ1n) is 5.83. The number of likely N-dealkylation sites (tertiary alicyclic amines) is 1. The quantitative estimate of drug-likeness (QED) is 0.817. The van der Waals surface area contributed by atoms with Crippen molar-refractivity contribution in [1.29, 1.82) is 0 Å². The minimum Gasteiger partial charge on any atom is -0.326 e. The van der Waals surface area contributed by atoms with Gasteiger partial charge in [-0.05, 0) is 38.4 Å². The van der Waals surface area contributed by atoms with E-state index < -0.39 is 0 Å². The van der Waals surface area contributed by atoms with Crippen LogP contribution in [0.4, 0.5) is 0 Å². The maximum Gasteiger partial charge on any atom is 0.0496 e. The Labute approximate surface area is 92.1 Å². The molecule has 1 saturated heterocycles. The van der Waals surface area contributed by atoms with Crippen LogP contribution in [-0.2, 0) is 0 Å². The molecule has 0 unspecified atom stereocenters. The van der Waals surface area contributed by atoms with Crippen LogP contribution in [0.25, 0.3) is 0 Å². The standard InChI is InChI=1S/C13H20N2/c1-11(14)13(15-9-5-6-10-15)12-7-3-2-4-8-12/h2-4,7-8,11,13H,5-6,9-10,14H2,1H3/t11-,13+/m1/s1. The Morgan fingerprint density at radius 1 is 1.13 bits per heavy atom. The zero-order valence-electron chi connectivity index (χ0n) is 9.39. The molecule has 0 aromatic heterocycles. The molecule has 82 valence electrons. The molecule has 0 aliphatic carbocycles. The van der Waals surface area contributed by atoms with Gasteiger partial charge in [0.1, 0.15) is 0 Å². The van der Waals surface area contributed by atoms with E-state index in [0.29, 0.717) is 6.04 Å². The highest BCUT2D eigenvalue weighted by Crippen LogP contribution is 2.26. The third kappa shape index (κ3) is 2.39. The molecule has 0 saturated carbocycles. The Morgan fingerprint density at radius 3 is 2.27 bits per heavy atom. The van der Waals surface area contributed by atoms with Crippen LogP contribution < -0.4 is 5.73 Å². The van der Waals surface area contributed by atoms with Crippen molar-refractivity contribution < 1.29 is 0 Å². The van der Waals surface area contributed by atoms with Crippen LogP contribution in [0.3, 0.4) is 0 Å². The van der Waals surface area contributed by atoms with E-state index in [1.54, 1.807) is 0 Å². The fourth-order valence-electron chi connectivity index (χ4n) is 2.52. The highest BCUT2D eigenvalue weighted by Gasteiger charge is 2.25. The predicted octanol–water partition coefficient (Wildman–Crippen LogP) is 2.17. The van der Waals surface area contributed by atoms with E-state index in [4.69, 9.17) is 5.73 Å². The summed E-state index contributed by atoms with van der Waals surface area (Å²) in [6, 6.07) is 11.2. The molecule has 0 amide bonds.